The predicted octanol–water partition coefficient (Wildman–Crippen LogP) is 1.72. The van der Waals surface area contributed by atoms with E-state index >= 15 is 0 Å². The molecule has 0 aliphatic carbocycles. The lowest BCUT2D eigenvalue weighted by Gasteiger charge is -2.07. The van der Waals surface area contributed by atoms with Gasteiger partial charge in [0.2, 0.25) is 0 Å². The first-order chi connectivity index (χ1) is 9.09. The highest BCUT2D eigenvalue weighted by molar-refractivity contribution is 5.89. The van der Waals surface area contributed by atoms with Crippen molar-refractivity contribution in [2.75, 3.05) is 0 Å². The minimum atomic E-state index is -0.894. The maximum Gasteiger partial charge on any atom is 0.336 e. The number of nitrogens with zero attached hydrogens (tertiary/aromatic N) is 2. The van der Waals surface area contributed by atoms with E-state index in [4.69, 9.17) is 5.11 Å². The normalized spacial score (nSPS) is 10.6. The third kappa shape index (κ3) is 3.00. The Morgan fingerprint density at radius 3 is 2.63 bits per heavy atom. The summed E-state index contributed by atoms with van der Waals surface area (Å²) in [4.78, 5) is 11.1. The molecule has 0 aliphatic heterocycles. The Labute approximate surface area is 111 Å². The summed E-state index contributed by atoms with van der Waals surface area (Å²) >= 11 is 0. The van der Waals surface area contributed by atoms with Crippen LogP contribution < -0.4 is 5.32 Å². The number of hydrogen-bond acceptors (Lipinski definition) is 3. The number of rotatable bonds is 5. The molecule has 5 nitrogen and oxygen atoms in total. The number of carbonyl (C=O) groups is 1. The van der Waals surface area contributed by atoms with Crippen LogP contribution in [0, 0.1) is 6.92 Å². The highest BCUT2D eigenvalue weighted by Crippen LogP contribution is 2.10. The molecule has 0 spiro atoms. The third-order valence-electron chi connectivity index (χ3n) is 3.22. The van der Waals surface area contributed by atoms with E-state index in [2.05, 4.69) is 10.4 Å². The lowest BCUT2D eigenvalue weighted by Crippen LogP contribution is -2.15. The van der Waals surface area contributed by atoms with Crippen LogP contribution in [0.25, 0.3) is 0 Å². The summed E-state index contributed by atoms with van der Waals surface area (Å²) in [5.41, 5.74) is 3.36. The predicted molar refractivity (Wildman–Crippen MR) is 71.9 cm³/mol. The van der Waals surface area contributed by atoms with Crippen LogP contribution in [0.15, 0.2) is 30.5 Å². The van der Waals surface area contributed by atoms with Crippen LogP contribution in [0.2, 0.25) is 0 Å². The molecule has 0 aliphatic rings. The van der Waals surface area contributed by atoms with E-state index < -0.39 is 5.97 Å². The number of nitrogens with one attached hydrogen (secondary N) is 1. The van der Waals surface area contributed by atoms with E-state index in [-0.39, 0.29) is 0 Å². The molecule has 1 aromatic carbocycles. The number of carboxylic acids is 1. The molecule has 0 fully saturated rings. The molecule has 0 atom stereocenters. The van der Waals surface area contributed by atoms with Crippen molar-refractivity contribution in [3.63, 3.8) is 0 Å². The molecule has 2 N–H and O–H groups in total. The largest absolute Gasteiger partial charge is 0.478 e. The van der Waals surface area contributed by atoms with Crippen molar-refractivity contribution in [3.05, 3.63) is 52.8 Å². The van der Waals surface area contributed by atoms with Gasteiger partial charge in [-0.15, -0.1) is 0 Å². The number of aromatic nitrogens is 2. The number of benzene rings is 1. The molecule has 5 heteroatoms. The zero-order valence-electron chi connectivity index (χ0n) is 11.1. The molecular weight excluding hydrogens is 242 g/mol. The summed E-state index contributed by atoms with van der Waals surface area (Å²) in [6.45, 7) is 3.21. The monoisotopic (exact) mass is 259 g/mol. The molecule has 0 amide bonds. The molecular formula is C14H17N3O2. The van der Waals surface area contributed by atoms with Gasteiger partial charge in [-0.3, -0.25) is 4.68 Å². The quantitative estimate of drug-likeness (QED) is 0.858. The van der Waals surface area contributed by atoms with Gasteiger partial charge in [0, 0.05) is 31.4 Å². The molecule has 1 aromatic heterocycles. The summed E-state index contributed by atoms with van der Waals surface area (Å²) in [5, 5.41) is 16.5. The standard InChI is InChI=1S/C14H17N3O2/c1-10-12(9-16-17(10)2)8-15-7-11-5-3-4-6-13(11)14(18)19/h3-6,9,15H,7-8H2,1-2H3,(H,18,19). The zero-order chi connectivity index (χ0) is 13.8. The molecule has 0 radical (unpaired) electrons. The molecule has 19 heavy (non-hydrogen) atoms. The van der Waals surface area contributed by atoms with E-state index in [0.29, 0.717) is 18.7 Å². The first-order valence-electron chi connectivity index (χ1n) is 6.09. The van der Waals surface area contributed by atoms with E-state index in [9.17, 15) is 4.79 Å². The van der Waals surface area contributed by atoms with Gasteiger partial charge in [-0.25, -0.2) is 4.79 Å². The van der Waals surface area contributed by atoms with E-state index in [1.165, 1.54) is 0 Å². The van der Waals surface area contributed by atoms with Crippen molar-refractivity contribution < 1.29 is 9.90 Å². The lowest BCUT2D eigenvalue weighted by molar-refractivity contribution is 0.0695. The lowest BCUT2D eigenvalue weighted by atomic mass is 10.1. The van der Waals surface area contributed by atoms with E-state index in [1.807, 2.05) is 37.0 Å². The van der Waals surface area contributed by atoms with Gasteiger partial charge in [-0.2, -0.15) is 5.10 Å². The van der Waals surface area contributed by atoms with Gasteiger partial charge in [-0.1, -0.05) is 18.2 Å². The molecule has 0 unspecified atom stereocenters. The molecule has 100 valence electrons. The Morgan fingerprint density at radius 2 is 2.00 bits per heavy atom. The highest BCUT2D eigenvalue weighted by atomic mass is 16.4. The third-order valence-corrected chi connectivity index (χ3v) is 3.22. The SMILES string of the molecule is Cc1c(CNCc2ccccc2C(=O)O)cnn1C. The fraction of sp³-hybridized carbons (Fsp3) is 0.286. The topological polar surface area (TPSA) is 67.2 Å². The summed E-state index contributed by atoms with van der Waals surface area (Å²) in [5.74, 6) is -0.894. The van der Waals surface area contributed by atoms with Gasteiger partial charge < -0.3 is 10.4 Å². The second kappa shape index (κ2) is 5.67. The number of aromatic carboxylic acids is 1. The van der Waals surface area contributed by atoms with Crippen molar-refractivity contribution in [1.82, 2.24) is 15.1 Å². The Balaban J connectivity index is 2.00. The van der Waals surface area contributed by atoms with Gasteiger partial charge in [0.25, 0.3) is 0 Å². The van der Waals surface area contributed by atoms with Gasteiger partial charge in [0.05, 0.1) is 11.8 Å². The molecule has 2 rings (SSSR count). The Kier molecular flexibility index (Phi) is 3.97. The van der Waals surface area contributed by atoms with Crippen molar-refractivity contribution in [2.24, 2.45) is 7.05 Å². The fourth-order valence-corrected chi connectivity index (χ4v) is 1.93. The minimum absolute atomic E-state index is 0.345. The van der Waals surface area contributed by atoms with Crippen molar-refractivity contribution in [1.29, 1.82) is 0 Å². The van der Waals surface area contributed by atoms with Crippen LogP contribution in [0.3, 0.4) is 0 Å². The maximum atomic E-state index is 11.1. The van der Waals surface area contributed by atoms with Gasteiger partial charge >= 0.3 is 5.97 Å². The molecule has 1 heterocycles. The Hall–Kier alpha value is -2.14. The summed E-state index contributed by atoms with van der Waals surface area (Å²) in [6, 6.07) is 7.03. The van der Waals surface area contributed by atoms with Crippen molar-refractivity contribution >= 4 is 5.97 Å². The average molecular weight is 259 g/mol. The number of hydrogen-bond donors (Lipinski definition) is 2. The minimum Gasteiger partial charge on any atom is -0.478 e. The first kappa shape index (κ1) is 13.3. The fourth-order valence-electron chi connectivity index (χ4n) is 1.93. The first-order valence-corrected chi connectivity index (χ1v) is 6.09. The smallest absolute Gasteiger partial charge is 0.336 e. The van der Waals surface area contributed by atoms with Crippen LogP contribution in [-0.4, -0.2) is 20.9 Å². The van der Waals surface area contributed by atoms with Crippen LogP contribution >= 0.6 is 0 Å². The van der Waals surface area contributed by atoms with E-state index in [1.54, 1.807) is 12.1 Å². The van der Waals surface area contributed by atoms with Crippen LogP contribution in [0.5, 0.6) is 0 Å². The number of carboxylic acid groups (broad SMARTS) is 1. The van der Waals surface area contributed by atoms with Gasteiger partial charge in [0.1, 0.15) is 0 Å². The summed E-state index contributed by atoms with van der Waals surface area (Å²) < 4.78 is 1.82. The molecule has 0 saturated carbocycles. The van der Waals surface area contributed by atoms with E-state index in [0.717, 1.165) is 16.8 Å². The van der Waals surface area contributed by atoms with Crippen LogP contribution in [-0.2, 0) is 20.1 Å². The van der Waals surface area contributed by atoms with Crippen LogP contribution in [0.4, 0.5) is 0 Å². The van der Waals surface area contributed by atoms with Crippen molar-refractivity contribution in [3.8, 4) is 0 Å². The van der Waals surface area contributed by atoms with Crippen LogP contribution in [0.1, 0.15) is 27.2 Å². The number of aryl methyl sites for hydroxylation is 1. The Bertz CT molecular complexity index is 590. The summed E-state index contributed by atoms with van der Waals surface area (Å²) in [6.07, 6.45) is 1.82. The molecule has 0 saturated heterocycles. The van der Waals surface area contributed by atoms with Crippen molar-refractivity contribution in [2.45, 2.75) is 20.0 Å². The van der Waals surface area contributed by atoms with Gasteiger partial charge in [0.15, 0.2) is 0 Å². The average Bonchev–Trinajstić information content (AvgIpc) is 2.71. The van der Waals surface area contributed by atoms with Gasteiger partial charge in [-0.05, 0) is 18.6 Å². The Morgan fingerprint density at radius 1 is 1.32 bits per heavy atom. The molecule has 0 bridgehead atoms. The molecule has 2 aromatic rings. The second-order valence-electron chi connectivity index (χ2n) is 4.44. The maximum absolute atomic E-state index is 11.1. The second-order valence-corrected chi connectivity index (χ2v) is 4.44. The summed E-state index contributed by atoms with van der Waals surface area (Å²) in [7, 11) is 1.90. The highest BCUT2D eigenvalue weighted by Gasteiger charge is 2.09. The zero-order valence-corrected chi connectivity index (χ0v) is 11.1.